The van der Waals surface area contributed by atoms with Gasteiger partial charge in [0, 0.05) is 19.5 Å². The summed E-state index contributed by atoms with van der Waals surface area (Å²) in [6.45, 7) is 5.48. The van der Waals surface area contributed by atoms with Crippen molar-refractivity contribution in [2.75, 3.05) is 19.6 Å². The molecule has 0 saturated carbocycles. The lowest BCUT2D eigenvalue weighted by Gasteiger charge is -2.14. The lowest BCUT2D eigenvalue weighted by Crippen LogP contribution is -2.24. The molecule has 2 rings (SSSR count). The lowest BCUT2D eigenvalue weighted by atomic mass is 10.3. The van der Waals surface area contributed by atoms with Crippen molar-refractivity contribution in [1.82, 2.24) is 19.7 Å². The number of rotatable bonds is 5. The molecule has 1 aliphatic heterocycles. The van der Waals surface area contributed by atoms with Crippen LogP contribution in [0.3, 0.4) is 0 Å². The van der Waals surface area contributed by atoms with Crippen LogP contribution in [0.1, 0.15) is 25.6 Å². The molecule has 8 heteroatoms. The van der Waals surface area contributed by atoms with Crippen molar-refractivity contribution >= 4 is 10.0 Å². The van der Waals surface area contributed by atoms with Gasteiger partial charge in [-0.05, 0) is 32.9 Å². The normalized spacial score (nSPS) is 17.4. The topological polar surface area (TPSA) is 94.1 Å². The van der Waals surface area contributed by atoms with E-state index in [0.29, 0.717) is 18.8 Å². The molecule has 2 heterocycles. The first-order chi connectivity index (χ1) is 8.52. The Labute approximate surface area is 107 Å². The summed E-state index contributed by atoms with van der Waals surface area (Å²) in [6.07, 6.45) is 3.18. The van der Waals surface area contributed by atoms with Gasteiger partial charge in [-0.25, -0.2) is 13.6 Å². The minimum atomic E-state index is -3.79. The van der Waals surface area contributed by atoms with Gasteiger partial charge >= 0.3 is 0 Å². The van der Waals surface area contributed by atoms with Gasteiger partial charge in [0.1, 0.15) is 5.82 Å². The molecule has 1 aromatic heterocycles. The van der Waals surface area contributed by atoms with Crippen LogP contribution in [0.15, 0.2) is 5.16 Å². The van der Waals surface area contributed by atoms with Gasteiger partial charge in [-0.15, -0.1) is 10.2 Å². The van der Waals surface area contributed by atoms with Gasteiger partial charge in [-0.2, -0.15) is 0 Å². The molecule has 0 bridgehead atoms. The van der Waals surface area contributed by atoms with Crippen molar-refractivity contribution in [2.24, 2.45) is 5.14 Å². The summed E-state index contributed by atoms with van der Waals surface area (Å²) in [5, 5.41) is 12.6. The zero-order chi connectivity index (χ0) is 13.2. The van der Waals surface area contributed by atoms with Gasteiger partial charge in [0.05, 0.1) is 0 Å². The van der Waals surface area contributed by atoms with Crippen molar-refractivity contribution in [2.45, 2.75) is 37.9 Å². The molecular weight excluding hydrogens is 254 g/mol. The van der Waals surface area contributed by atoms with E-state index < -0.39 is 10.0 Å². The number of aromatic nitrogens is 3. The first-order valence-electron chi connectivity index (χ1n) is 6.19. The van der Waals surface area contributed by atoms with E-state index in [1.807, 2.05) is 6.92 Å². The van der Waals surface area contributed by atoms with Crippen molar-refractivity contribution in [3.05, 3.63) is 5.82 Å². The average molecular weight is 273 g/mol. The minimum Gasteiger partial charge on any atom is -0.303 e. The second-order valence-corrected chi connectivity index (χ2v) is 5.94. The molecule has 0 aliphatic carbocycles. The SMILES string of the molecule is CCn1c(CCN2CCCC2)nnc1S(N)(=O)=O. The van der Waals surface area contributed by atoms with Crippen molar-refractivity contribution < 1.29 is 8.42 Å². The Morgan fingerprint density at radius 3 is 2.50 bits per heavy atom. The molecule has 1 saturated heterocycles. The first kappa shape index (κ1) is 13.4. The van der Waals surface area contributed by atoms with Crippen LogP contribution in [-0.2, 0) is 23.0 Å². The first-order valence-corrected chi connectivity index (χ1v) is 7.74. The summed E-state index contributed by atoms with van der Waals surface area (Å²) < 4.78 is 24.2. The van der Waals surface area contributed by atoms with E-state index in [1.165, 1.54) is 12.8 Å². The molecule has 0 aromatic carbocycles. The molecule has 0 spiro atoms. The molecule has 0 atom stereocenters. The predicted octanol–water partition coefficient (Wildman–Crippen LogP) is -0.416. The van der Waals surface area contributed by atoms with Gasteiger partial charge in [-0.1, -0.05) is 0 Å². The minimum absolute atomic E-state index is 0.138. The highest BCUT2D eigenvalue weighted by Crippen LogP contribution is 2.11. The number of nitrogens with two attached hydrogens (primary N) is 1. The van der Waals surface area contributed by atoms with Crippen LogP contribution in [0.2, 0.25) is 0 Å². The summed E-state index contributed by atoms with van der Waals surface area (Å²) in [4.78, 5) is 2.35. The zero-order valence-corrected chi connectivity index (χ0v) is 11.4. The fourth-order valence-corrected chi connectivity index (χ4v) is 2.99. The van der Waals surface area contributed by atoms with Crippen LogP contribution in [0.5, 0.6) is 0 Å². The van der Waals surface area contributed by atoms with Crippen LogP contribution in [-0.4, -0.2) is 47.7 Å². The smallest absolute Gasteiger partial charge is 0.273 e. The molecular formula is C10H19N5O2S. The number of likely N-dealkylation sites (tertiary alicyclic amines) is 1. The maximum Gasteiger partial charge on any atom is 0.273 e. The maximum atomic E-state index is 11.3. The molecule has 2 N–H and O–H groups in total. The summed E-state index contributed by atoms with van der Waals surface area (Å²) in [5.74, 6) is 0.688. The van der Waals surface area contributed by atoms with E-state index in [0.717, 1.165) is 19.6 Å². The summed E-state index contributed by atoms with van der Waals surface area (Å²) in [5.41, 5.74) is 0. The van der Waals surface area contributed by atoms with Gasteiger partial charge in [0.25, 0.3) is 15.2 Å². The average Bonchev–Trinajstić information content (AvgIpc) is 2.94. The van der Waals surface area contributed by atoms with E-state index in [-0.39, 0.29) is 5.16 Å². The van der Waals surface area contributed by atoms with Crippen molar-refractivity contribution in [1.29, 1.82) is 0 Å². The zero-order valence-electron chi connectivity index (χ0n) is 10.5. The third kappa shape index (κ3) is 2.88. The number of hydrogen-bond donors (Lipinski definition) is 1. The fraction of sp³-hybridized carbons (Fsp3) is 0.800. The van der Waals surface area contributed by atoms with Crippen LogP contribution in [0.25, 0.3) is 0 Å². The molecule has 1 fully saturated rings. The van der Waals surface area contributed by atoms with E-state index in [1.54, 1.807) is 4.57 Å². The summed E-state index contributed by atoms with van der Waals surface area (Å²) in [7, 11) is -3.79. The Bertz CT molecular complexity index is 504. The molecule has 1 aromatic rings. The van der Waals surface area contributed by atoms with Crippen LogP contribution >= 0.6 is 0 Å². The second kappa shape index (κ2) is 5.33. The molecule has 0 unspecified atom stereocenters. The third-order valence-corrected chi connectivity index (χ3v) is 4.03. The molecule has 1 aliphatic rings. The van der Waals surface area contributed by atoms with E-state index in [4.69, 9.17) is 5.14 Å². The highest BCUT2D eigenvalue weighted by atomic mass is 32.2. The number of primary sulfonamides is 1. The van der Waals surface area contributed by atoms with E-state index in [9.17, 15) is 8.42 Å². The highest BCUT2D eigenvalue weighted by Gasteiger charge is 2.20. The molecule has 18 heavy (non-hydrogen) atoms. The predicted molar refractivity (Wildman–Crippen MR) is 66.4 cm³/mol. The van der Waals surface area contributed by atoms with Crippen LogP contribution in [0.4, 0.5) is 0 Å². The van der Waals surface area contributed by atoms with Gasteiger partial charge in [0.15, 0.2) is 0 Å². The quantitative estimate of drug-likeness (QED) is 0.786. The van der Waals surface area contributed by atoms with Crippen LogP contribution < -0.4 is 5.14 Å². The lowest BCUT2D eigenvalue weighted by molar-refractivity contribution is 0.338. The Hall–Kier alpha value is -0.990. The Balaban J connectivity index is 2.10. The summed E-state index contributed by atoms with van der Waals surface area (Å²) in [6, 6.07) is 0. The molecule has 7 nitrogen and oxygen atoms in total. The molecule has 0 radical (unpaired) electrons. The Morgan fingerprint density at radius 2 is 1.94 bits per heavy atom. The van der Waals surface area contributed by atoms with Crippen molar-refractivity contribution in [3.63, 3.8) is 0 Å². The van der Waals surface area contributed by atoms with Gasteiger partial charge in [0.2, 0.25) is 0 Å². The second-order valence-electron chi connectivity index (χ2n) is 4.49. The van der Waals surface area contributed by atoms with E-state index in [2.05, 4.69) is 15.1 Å². The third-order valence-electron chi connectivity index (χ3n) is 3.21. The Morgan fingerprint density at radius 1 is 1.28 bits per heavy atom. The molecule has 0 amide bonds. The fourth-order valence-electron chi connectivity index (χ4n) is 2.30. The standard InChI is InChI=1S/C10H19N5O2S/c1-2-15-9(5-8-14-6-3-4-7-14)12-13-10(15)18(11,16)17/h2-8H2,1H3,(H2,11,16,17). The van der Waals surface area contributed by atoms with Gasteiger partial charge in [-0.3, -0.25) is 0 Å². The monoisotopic (exact) mass is 273 g/mol. The van der Waals surface area contributed by atoms with Crippen molar-refractivity contribution in [3.8, 4) is 0 Å². The van der Waals surface area contributed by atoms with E-state index >= 15 is 0 Å². The highest BCUT2D eigenvalue weighted by molar-refractivity contribution is 7.89. The maximum absolute atomic E-state index is 11.3. The molecule has 102 valence electrons. The Kier molecular flexibility index (Phi) is 3.98. The number of hydrogen-bond acceptors (Lipinski definition) is 5. The van der Waals surface area contributed by atoms with Gasteiger partial charge < -0.3 is 9.47 Å². The largest absolute Gasteiger partial charge is 0.303 e. The number of nitrogens with zero attached hydrogens (tertiary/aromatic N) is 4. The summed E-state index contributed by atoms with van der Waals surface area (Å²) >= 11 is 0. The van der Waals surface area contributed by atoms with Crippen LogP contribution in [0, 0.1) is 0 Å². The number of sulfonamides is 1.